The molecule has 0 aromatic carbocycles. The summed E-state index contributed by atoms with van der Waals surface area (Å²) in [7, 11) is 0. The van der Waals surface area contributed by atoms with E-state index in [9.17, 15) is 9.59 Å². The summed E-state index contributed by atoms with van der Waals surface area (Å²) in [6, 6.07) is 0.465. The minimum atomic E-state index is -0.763. The van der Waals surface area contributed by atoms with Crippen LogP contribution in [0.1, 0.15) is 40.5 Å². The molecule has 1 fully saturated rings. The summed E-state index contributed by atoms with van der Waals surface area (Å²) in [5.41, 5.74) is -0.763. The number of likely N-dealkylation sites (tertiary alicyclic amines) is 1. The van der Waals surface area contributed by atoms with Gasteiger partial charge < -0.3 is 19.4 Å². The van der Waals surface area contributed by atoms with E-state index < -0.39 is 5.54 Å². The number of piperidine rings is 1. The van der Waals surface area contributed by atoms with Gasteiger partial charge in [-0.15, -0.1) is 0 Å². The Morgan fingerprint density at radius 3 is 1.89 bits per heavy atom. The third-order valence-electron chi connectivity index (χ3n) is 3.62. The Morgan fingerprint density at radius 1 is 1.11 bits per heavy atom. The molecule has 0 aromatic heterocycles. The first-order valence-corrected chi connectivity index (χ1v) is 6.27. The average molecular weight is 327 g/mol. The molecule has 0 bridgehead atoms. The number of nitrogens with zero attached hydrogens (tertiary/aromatic N) is 2. The summed E-state index contributed by atoms with van der Waals surface area (Å²) < 4.78 is 0. The Kier molecular flexibility index (Phi) is 7.80. The van der Waals surface area contributed by atoms with E-state index in [0.717, 1.165) is 13.1 Å². The van der Waals surface area contributed by atoms with Crippen molar-refractivity contribution in [3.8, 4) is 0 Å². The van der Waals surface area contributed by atoms with Crippen LogP contribution < -0.4 is 0 Å². The maximum Gasteiger partial charge on any atom is 0.00385 e. The van der Waals surface area contributed by atoms with Crippen LogP contribution in [0.3, 0.4) is 0 Å². The number of rotatable bonds is 5. The normalized spacial score (nSPS) is 19.4. The van der Waals surface area contributed by atoms with Crippen LogP contribution in [-0.4, -0.2) is 53.2 Å². The van der Waals surface area contributed by atoms with Crippen LogP contribution in [0.5, 0.6) is 0 Å². The molecule has 1 aliphatic heterocycles. The first-order chi connectivity index (χ1) is 7.96. The predicted octanol–water partition coefficient (Wildman–Crippen LogP) is 1.11. The molecule has 0 N–H and O–H groups in total. The van der Waals surface area contributed by atoms with Crippen molar-refractivity contribution in [3.63, 3.8) is 0 Å². The molecule has 1 saturated heterocycles. The molecular weight excluding hydrogens is 305 g/mol. The van der Waals surface area contributed by atoms with Gasteiger partial charge in [0.2, 0.25) is 0 Å². The Balaban J connectivity index is 0.00000289. The van der Waals surface area contributed by atoms with Crippen molar-refractivity contribution >= 4 is 12.7 Å². The minimum absolute atomic E-state index is 0. The molecule has 0 aromatic rings. The van der Waals surface area contributed by atoms with Crippen molar-refractivity contribution in [2.45, 2.75) is 58.2 Å². The number of hydrogen-bond acceptors (Lipinski definition) is 3. The maximum atomic E-state index is 11.3. The standard InChI is InChI=1S/C13H22N2O2.Y/c1-11(2)14-7-5-13(9-16,6-8-14)15(10-17)12(3)4;/h11-12H,5-8H2,1-4H3;/q-2;. The molecule has 101 valence electrons. The van der Waals surface area contributed by atoms with Gasteiger partial charge in [-0.25, -0.2) is 6.29 Å². The topological polar surface area (TPSA) is 40.6 Å². The van der Waals surface area contributed by atoms with Crippen LogP contribution in [0.15, 0.2) is 0 Å². The SMILES string of the molecule is CC(C)N1CCC([C-]=O)(N([C-]=O)C(C)C)CC1.[Y]. The maximum absolute atomic E-state index is 11.3. The molecule has 0 aliphatic carbocycles. The van der Waals surface area contributed by atoms with Crippen LogP contribution in [0.25, 0.3) is 0 Å². The summed E-state index contributed by atoms with van der Waals surface area (Å²) in [6.45, 7) is 9.75. The zero-order chi connectivity index (χ0) is 13.1. The van der Waals surface area contributed by atoms with Gasteiger partial charge in [0, 0.05) is 38.8 Å². The molecule has 4 nitrogen and oxygen atoms in total. The molecule has 0 saturated carbocycles. The van der Waals surface area contributed by atoms with Gasteiger partial charge in [0.05, 0.1) is 0 Å². The summed E-state index contributed by atoms with van der Waals surface area (Å²) >= 11 is 0. The van der Waals surface area contributed by atoms with Gasteiger partial charge in [0.15, 0.2) is 0 Å². The van der Waals surface area contributed by atoms with Crippen LogP contribution >= 0.6 is 0 Å². The molecule has 0 atom stereocenters. The fraction of sp³-hybridized carbons (Fsp3) is 0.846. The third-order valence-corrected chi connectivity index (χ3v) is 3.62. The Hall–Kier alpha value is 0.204. The van der Waals surface area contributed by atoms with Gasteiger partial charge >= 0.3 is 0 Å². The summed E-state index contributed by atoms with van der Waals surface area (Å²) in [5.74, 6) is 0. The van der Waals surface area contributed by atoms with Crippen LogP contribution in [0.2, 0.25) is 0 Å². The first kappa shape index (κ1) is 18.2. The predicted molar refractivity (Wildman–Crippen MR) is 67.0 cm³/mol. The molecule has 1 aliphatic rings. The number of carbonyl (C=O) groups excluding carboxylic acids is 2. The Bertz CT molecular complexity index is 274. The zero-order valence-electron chi connectivity index (χ0n) is 11.8. The Labute approximate surface area is 135 Å². The molecule has 1 rings (SSSR count). The van der Waals surface area contributed by atoms with Crippen molar-refractivity contribution in [1.82, 2.24) is 9.80 Å². The molecule has 18 heavy (non-hydrogen) atoms. The smallest absolute Gasteiger partial charge is 0.00385 e. The second-order valence-electron chi connectivity index (χ2n) is 5.32. The fourth-order valence-electron chi connectivity index (χ4n) is 2.49. The summed E-state index contributed by atoms with van der Waals surface area (Å²) in [5, 5.41) is 0. The van der Waals surface area contributed by atoms with Crippen LogP contribution in [0, 0.1) is 0 Å². The van der Waals surface area contributed by atoms with Gasteiger partial charge in [-0.3, -0.25) is 0 Å². The van der Waals surface area contributed by atoms with Gasteiger partial charge in [-0.2, -0.15) is 6.41 Å². The molecule has 0 spiro atoms. The quantitative estimate of drug-likeness (QED) is 0.561. The summed E-state index contributed by atoms with van der Waals surface area (Å²) in [6.07, 6.45) is 5.32. The molecule has 5 heteroatoms. The van der Waals surface area contributed by atoms with E-state index in [2.05, 4.69) is 25.0 Å². The van der Waals surface area contributed by atoms with Crippen molar-refractivity contribution in [2.75, 3.05) is 13.1 Å². The van der Waals surface area contributed by atoms with E-state index in [0.29, 0.717) is 18.9 Å². The van der Waals surface area contributed by atoms with Crippen molar-refractivity contribution in [1.29, 1.82) is 0 Å². The first-order valence-electron chi connectivity index (χ1n) is 6.27. The van der Waals surface area contributed by atoms with E-state index in [-0.39, 0.29) is 38.8 Å². The van der Waals surface area contributed by atoms with Crippen molar-refractivity contribution < 1.29 is 42.3 Å². The van der Waals surface area contributed by atoms with Gasteiger partial charge in [-0.05, 0) is 59.7 Å². The van der Waals surface area contributed by atoms with Crippen molar-refractivity contribution in [2.24, 2.45) is 0 Å². The van der Waals surface area contributed by atoms with E-state index >= 15 is 0 Å². The van der Waals surface area contributed by atoms with E-state index in [1.807, 2.05) is 20.3 Å². The number of amides is 1. The molecule has 0 unspecified atom stereocenters. The van der Waals surface area contributed by atoms with Gasteiger partial charge in [-0.1, -0.05) is 5.54 Å². The minimum Gasteiger partial charge on any atom is -0.540 e. The fourth-order valence-corrected chi connectivity index (χ4v) is 2.49. The monoisotopic (exact) mass is 327 g/mol. The van der Waals surface area contributed by atoms with E-state index in [1.165, 1.54) is 4.90 Å². The van der Waals surface area contributed by atoms with Crippen molar-refractivity contribution in [3.05, 3.63) is 0 Å². The average Bonchev–Trinajstić information content (AvgIpc) is 2.29. The molecule has 1 radical (unpaired) electrons. The second kappa shape index (κ2) is 7.71. The molecular formula is C13H22N2O2Y-2. The zero-order valence-corrected chi connectivity index (χ0v) is 14.6. The second-order valence-corrected chi connectivity index (χ2v) is 5.32. The van der Waals surface area contributed by atoms with E-state index in [4.69, 9.17) is 0 Å². The van der Waals surface area contributed by atoms with E-state index in [1.54, 1.807) is 0 Å². The molecule has 1 heterocycles. The molecule has 1 amide bonds. The third kappa shape index (κ3) is 3.85. The van der Waals surface area contributed by atoms with Crippen LogP contribution in [-0.2, 0) is 42.3 Å². The number of hydrogen-bond donors (Lipinski definition) is 0. The largest absolute Gasteiger partial charge is 0.540 e. The summed E-state index contributed by atoms with van der Waals surface area (Å²) in [4.78, 5) is 26.1. The Morgan fingerprint density at radius 2 is 1.61 bits per heavy atom. The van der Waals surface area contributed by atoms with Gasteiger partial charge in [0.25, 0.3) is 0 Å². The van der Waals surface area contributed by atoms with Gasteiger partial charge in [0.1, 0.15) is 0 Å². The van der Waals surface area contributed by atoms with Crippen LogP contribution in [0.4, 0.5) is 0 Å².